The third-order valence-corrected chi connectivity index (χ3v) is 4.08. The molecule has 0 radical (unpaired) electrons. The molecule has 19 heavy (non-hydrogen) atoms. The largest absolute Gasteiger partial charge is 0.332 e. The van der Waals surface area contributed by atoms with E-state index in [1.54, 1.807) is 0 Å². The quantitative estimate of drug-likeness (QED) is 0.842. The first kappa shape index (κ1) is 14.0. The van der Waals surface area contributed by atoms with Crippen LogP contribution in [0.1, 0.15) is 16.7 Å². The zero-order chi connectivity index (χ0) is 13.7. The van der Waals surface area contributed by atoms with Gasteiger partial charge in [-0.1, -0.05) is 60.2 Å². The normalized spacial score (nSPS) is 14.0. The van der Waals surface area contributed by atoms with E-state index in [1.807, 2.05) is 61.5 Å². The lowest BCUT2D eigenvalue weighted by molar-refractivity contribution is 0.249. The van der Waals surface area contributed by atoms with Gasteiger partial charge in [-0.2, -0.15) is 0 Å². The molecule has 4 heteroatoms. The standard InChI is InChI=1S/C15H17O3P/c1-13-7-9-15(10-8-13)12-19(16,17)18-11-14-5-3-2-4-6-14/h2-10H,11-12H2,1H3,(H,16,17). The molecule has 0 aliphatic heterocycles. The van der Waals surface area contributed by atoms with Gasteiger partial charge in [0.1, 0.15) is 0 Å². The highest BCUT2D eigenvalue weighted by molar-refractivity contribution is 7.51. The summed E-state index contributed by atoms with van der Waals surface area (Å²) in [4.78, 5) is 9.83. The van der Waals surface area contributed by atoms with Crippen LogP contribution in [0.5, 0.6) is 0 Å². The molecule has 3 nitrogen and oxygen atoms in total. The minimum absolute atomic E-state index is 0.0418. The van der Waals surface area contributed by atoms with Gasteiger partial charge in [0, 0.05) is 0 Å². The molecule has 0 heterocycles. The van der Waals surface area contributed by atoms with Gasteiger partial charge in [-0.3, -0.25) is 4.57 Å². The number of benzene rings is 2. The maximum absolute atomic E-state index is 12.0. The second-order valence-electron chi connectivity index (χ2n) is 4.54. The van der Waals surface area contributed by atoms with Crippen molar-refractivity contribution < 1.29 is 14.0 Å². The van der Waals surface area contributed by atoms with Crippen LogP contribution in [-0.2, 0) is 21.9 Å². The Morgan fingerprint density at radius 1 is 1.00 bits per heavy atom. The molecule has 0 bridgehead atoms. The Morgan fingerprint density at radius 2 is 1.63 bits per heavy atom. The lowest BCUT2D eigenvalue weighted by atomic mass is 10.2. The van der Waals surface area contributed by atoms with Crippen molar-refractivity contribution in [2.75, 3.05) is 0 Å². The van der Waals surface area contributed by atoms with Crippen LogP contribution in [0.3, 0.4) is 0 Å². The Morgan fingerprint density at radius 3 is 2.26 bits per heavy atom. The smallest absolute Gasteiger partial charge is 0.324 e. The van der Waals surface area contributed by atoms with Gasteiger partial charge in [0.25, 0.3) is 0 Å². The third-order valence-electron chi connectivity index (χ3n) is 2.78. The third kappa shape index (κ3) is 4.64. The minimum Gasteiger partial charge on any atom is -0.324 e. The summed E-state index contributed by atoms with van der Waals surface area (Å²) in [5, 5.41) is 0. The topological polar surface area (TPSA) is 46.5 Å². The van der Waals surface area contributed by atoms with Crippen LogP contribution < -0.4 is 0 Å². The highest BCUT2D eigenvalue weighted by Crippen LogP contribution is 2.46. The van der Waals surface area contributed by atoms with Crippen LogP contribution in [0.25, 0.3) is 0 Å². The molecule has 1 unspecified atom stereocenters. The van der Waals surface area contributed by atoms with E-state index < -0.39 is 7.60 Å². The van der Waals surface area contributed by atoms with Crippen LogP contribution in [0, 0.1) is 6.92 Å². The molecule has 0 aromatic heterocycles. The fourth-order valence-electron chi connectivity index (χ4n) is 1.72. The Bertz CT molecular complexity index is 564. The van der Waals surface area contributed by atoms with Crippen molar-refractivity contribution in [3.63, 3.8) is 0 Å². The predicted molar refractivity (Wildman–Crippen MR) is 75.9 cm³/mol. The molecule has 0 amide bonds. The fraction of sp³-hybridized carbons (Fsp3) is 0.200. The molecule has 0 aliphatic carbocycles. The van der Waals surface area contributed by atoms with Crippen molar-refractivity contribution in [3.8, 4) is 0 Å². The Kier molecular flexibility index (Phi) is 4.54. The van der Waals surface area contributed by atoms with Crippen molar-refractivity contribution in [1.82, 2.24) is 0 Å². The van der Waals surface area contributed by atoms with E-state index in [-0.39, 0.29) is 12.8 Å². The summed E-state index contributed by atoms with van der Waals surface area (Å²) < 4.78 is 17.1. The minimum atomic E-state index is -3.59. The van der Waals surface area contributed by atoms with Gasteiger partial charge in [0.2, 0.25) is 0 Å². The number of hydrogen-bond acceptors (Lipinski definition) is 2. The summed E-state index contributed by atoms with van der Waals surface area (Å²) in [7, 11) is -3.59. The van der Waals surface area contributed by atoms with Crippen LogP contribution in [0.2, 0.25) is 0 Å². The molecule has 0 saturated heterocycles. The molecule has 2 aromatic rings. The van der Waals surface area contributed by atoms with Crippen LogP contribution in [0.4, 0.5) is 0 Å². The van der Waals surface area contributed by atoms with E-state index >= 15 is 0 Å². The van der Waals surface area contributed by atoms with Crippen molar-refractivity contribution in [1.29, 1.82) is 0 Å². The first-order valence-electron chi connectivity index (χ1n) is 6.11. The Labute approximate surface area is 113 Å². The van der Waals surface area contributed by atoms with Crippen molar-refractivity contribution in [2.45, 2.75) is 19.7 Å². The van der Waals surface area contributed by atoms with Crippen LogP contribution in [0.15, 0.2) is 54.6 Å². The zero-order valence-electron chi connectivity index (χ0n) is 10.8. The van der Waals surface area contributed by atoms with Crippen molar-refractivity contribution in [2.24, 2.45) is 0 Å². The molecule has 0 spiro atoms. The number of hydrogen-bond donors (Lipinski definition) is 1. The highest BCUT2D eigenvalue weighted by atomic mass is 31.2. The lowest BCUT2D eigenvalue weighted by Gasteiger charge is -2.12. The SMILES string of the molecule is Cc1ccc(CP(=O)(O)OCc2ccccc2)cc1. The summed E-state index contributed by atoms with van der Waals surface area (Å²) in [5.74, 6) is 0. The van der Waals surface area contributed by atoms with E-state index in [4.69, 9.17) is 4.52 Å². The summed E-state index contributed by atoms with van der Waals surface area (Å²) in [6.07, 6.45) is 0.0418. The van der Waals surface area contributed by atoms with Gasteiger partial charge in [-0.15, -0.1) is 0 Å². The van der Waals surface area contributed by atoms with E-state index in [2.05, 4.69) is 0 Å². The van der Waals surface area contributed by atoms with Gasteiger partial charge in [0.15, 0.2) is 0 Å². The monoisotopic (exact) mass is 276 g/mol. The van der Waals surface area contributed by atoms with E-state index in [1.165, 1.54) is 0 Å². The first-order chi connectivity index (χ1) is 9.05. The highest BCUT2D eigenvalue weighted by Gasteiger charge is 2.19. The maximum atomic E-state index is 12.0. The summed E-state index contributed by atoms with van der Waals surface area (Å²) in [6, 6.07) is 16.9. The molecule has 100 valence electrons. The average Bonchev–Trinajstić information content (AvgIpc) is 2.40. The molecule has 0 saturated carbocycles. The first-order valence-corrected chi connectivity index (χ1v) is 7.87. The molecule has 0 fully saturated rings. The second-order valence-corrected chi connectivity index (χ2v) is 6.39. The van der Waals surface area contributed by atoms with Gasteiger partial charge in [-0.25, -0.2) is 0 Å². The lowest BCUT2D eigenvalue weighted by Crippen LogP contribution is -1.95. The second kappa shape index (κ2) is 6.16. The average molecular weight is 276 g/mol. The maximum Gasteiger partial charge on any atom is 0.332 e. The fourth-order valence-corrected chi connectivity index (χ4v) is 2.83. The zero-order valence-corrected chi connectivity index (χ0v) is 11.7. The molecular formula is C15H17O3P. The molecule has 0 aliphatic rings. The molecule has 2 rings (SSSR count). The van der Waals surface area contributed by atoms with Crippen LogP contribution >= 0.6 is 7.60 Å². The van der Waals surface area contributed by atoms with Gasteiger partial charge >= 0.3 is 7.60 Å². The molecule has 1 N–H and O–H groups in total. The Balaban J connectivity index is 1.95. The molecule has 2 aromatic carbocycles. The Hall–Kier alpha value is -1.41. The summed E-state index contributed by atoms with van der Waals surface area (Å²) in [6.45, 7) is 2.13. The van der Waals surface area contributed by atoms with Gasteiger partial charge in [0.05, 0.1) is 12.8 Å². The van der Waals surface area contributed by atoms with Gasteiger partial charge in [-0.05, 0) is 18.1 Å². The summed E-state index contributed by atoms with van der Waals surface area (Å²) >= 11 is 0. The van der Waals surface area contributed by atoms with Crippen molar-refractivity contribution >= 4 is 7.60 Å². The van der Waals surface area contributed by atoms with Crippen LogP contribution in [-0.4, -0.2) is 4.89 Å². The van der Waals surface area contributed by atoms with Crippen molar-refractivity contribution in [3.05, 3.63) is 71.3 Å². The van der Waals surface area contributed by atoms with E-state index in [0.717, 1.165) is 16.7 Å². The van der Waals surface area contributed by atoms with Gasteiger partial charge < -0.3 is 9.42 Å². The van der Waals surface area contributed by atoms with E-state index in [9.17, 15) is 9.46 Å². The molecular weight excluding hydrogens is 259 g/mol. The predicted octanol–water partition coefficient (Wildman–Crippen LogP) is 3.90. The summed E-state index contributed by atoms with van der Waals surface area (Å²) in [5.41, 5.74) is 2.83. The number of aryl methyl sites for hydroxylation is 1. The van der Waals surface area contributed by atoms with E-state index in [0.29, 0.717) is 0 Å². The molecule has 1 atom stereocenters. The number of rotatable bonds is 5.